The molecule has 1 aromatic heterocycles. The first-order valence-corrected chi connectivity index (χ1v) is 12.1. The molecule has 2 amide bonds. The Balaban J connectivity index is 1.53. The molecule has 34 heavy (non-hydrogen) atoms. The fraction of sp³-hybridized carbons (Fsp3) is 0.500. The van der Waals surface area contributed by atoms with Crippen molar-refractivity contribution in [1.29, 1.82) is 0 Å². The summed E-state index contributed by atoms with van der Waals surface area (Å²) < 4.78 is 10.9. The number of pyridine rings is 1. The van der Waals surface area contributed by atoms with E-state index < -0.39 is 0 Å². The van der Waals surface area contributed by atoms with Gasteiger partial charge in [0.25, 0.3) is 0 Å². The van der Waals surface area contributed by atoms with Gasteiger partial charge < -0.3 is 19.7 Å². The molecule has 2 aromatic rings. The first kappa shape index (κ1) is 22.7. The van der Waals surface area contributed by atoms with Crippen molar-refractivity contribution in [2.75, 3.05) is 28.8 Å². The first-order valence-electron chi connectivity index (χ1n) is 12.1. The van der Waals surface area contributed by atoms with Gasteiger partial charge in [-0.05, 0) is 55.9 Å². The van der Waals surface area contributed by atoms with Crippen LogP contribution < -0.4 is 15.1 Å². The van der Waals surface area contributed by atoms with Gasteiger partial charge in [-0.15, -0.1) is 0 Å². The van der Waals surface area contributed by atoms with E-state index in [9.17, 15) is 9.59 Å². The van der Waals surface area contributed by atoms with Crippen LogP contribution in [0.15, 0.2) is 36.5 Å². The van der Waals surface area contributed by atoms with Gasteiger partial charge in [0, 0.05) is 30.5 Å². The Morgan fingerprint density at radius 1 is 1.21 bits per heavy atom. The first-order chi connectivity index (χ1) is 16.5. The maximum absolute atomic E-state index is 13.9. The molecule has 1 atom stereocenters. The van der Waals surface area contributed by atoms with Crippen molar-refractivity contribution in [3.63, 3.8) is 0 Å². The molecule has 1 saturated carbocycles. The number of carbonyl (C=O) groups is 2. The predicted molar refractivity (Wildman–Crippen MR) is 130 cm³/mol. The summed E-state index contributed by atoms with van der Waals surface area (Å²) in [6.45, 7) is 4.96. The number of anilines is 4. The van der Waals surface area contributed by atoms with E-state index in [2.05, 4.69) is 24.1 Å². The molecule has 2 fully saturated rings. The number of hydrogen-bond acceptors (Lipinski definition) is 6. The second-order valence-corrected chi connectivity index (χ2v) is 9.73. The van der Waals surface area contributed by atoms with Crippen LogP contribution in [0.4, 0.5) is 27.7 Å². The number of nitrogens with one attached hydrogen (secondary N) is 1. The lowest BCUT2D eigenvalue weighted by Crippen LogP contribution is -2.39. The minimum absolute atomic E-state index is 0.0448. The van der Waals surface area contributed by atoms with Crippen molar-refractivity contribution < 1.29 is 19.1 Å². The molecule has 0 radical (unpaired) electrons. The van der Waals surface area contributed by atoms with E-state index in [0.29, 0.717) is 13.2 Å². The van der Waals surface area contributed by atoms with E-state index in [4.69, 9.17) is 9.47 Å². The number of carbonyl (C=O) groups excluding carboxylic acids is 2. The lowest BCUT2D eigenvalue weighted by Gasteiger charge is -2.32. The topological polar surface area (TPSA) is 84.0 Å². The SMILES string of the molecule is COC1CCC(C(=O)N2Cc3cccnc3Nc3ccc(N4C(=O)OC[C@@H]4C(C)C)cc32)CC1. The Hall–Kier alpha value is -3.13. The Bertz CT molecular complexity index is 1080. The molecule has 1 saturated heterocycles. The van der Waals surface area contributed by atoms with Crippen LogP contribution in [-0.2, 0) is 20.8 Å². The van der Waals surface area contributed by atoms with Gasteiger partial charge >= 0.3 is 6.09 Å². The third kappa shape index (κ3) is 4.11. The smallest absolute Gasteiger partial charge is 0.414 e. The van der Waals surface area contributed by atoms with Crippen molar-refractivity contribution >= 4 is 34.9 Å². The Labute approximate surface area is 200 Å². The van der Waals surface area contributed by atoms with Gasteiger partial charge in [-0.3, -0.25) is 9.69 Å². The van der Waals surface area contributed by atoms with E-state index in [1.165, 1.54) is 0 Å². The molecule has 0 spiro atoms. The van der Waals surface area contributed by atoms with Gasteiger partial charge in [0.1, 0.15) is 12.4 Å². The van der Waals surface area contributed by atoms with E-state index >= 15 is 0 Å². The highest BCUT2D eigenvalue weighted by Gasteiger charge is 2.38. The highest BCUT2D eigenvalue weighted by atomic mass is 16.6. The fourth-order valence-electron chi connectivity index (χ4n) is 5.25. The van der Waals surface area contributed by atoms with Gasteiger partial charge in [-0.1, -0.05) is 19.9 Å². The van der Waals surface area contributed by atoms with E-state index in [0.717, 1.165) is 54.1 Å². The normalized spacial score (nSPS) is 24.2. The highest BCUT2D eigenvalue weighted by molar-refractivity contribution is 6.01. The Kier molecular flexibility index (Phi) is 6.16. The molecule has 0 bridgehead atoms. The molecule has 5 rings (SSSR count). The number of fused-ring (bicyclic) bond motifs is 2. The van der Waals surface area contributed by atoms with Crippen LogP contribution in [0.5, 0.6) is 0 Å². The van der Waals surface area contributed by atoms with E-state index in [1.54, 1.807) is 18.2 Å². The van der Waals surface area contributed by atoms with Crippen molar-refractivity contribution in [2.45, 2.75) is 58.2 Å². The summed E-state index contributed by atoms with van der Waals surface area (Å²) in [5, 5.41) is 3.41. The number of methoxy groups -OCH3 is 1. The fourth-order valence-corrected chi connectivity index (χ4v) is 5.25. The zero-order valence-corrected chi connectivity index (χ0v) is 20.0. The Morgan fingerprint density at radius 3 is 2.74 bits per heavy atom. The zero-order chi connectivity index (χ0) is 23.8. The van der Waals surface area contributed by atoms with Gasteiger partial charge in [-0.2, -0.15) is 0 Å². The molecule has 3 heterocycles. The molecule has 1 aliphatic carbocycles. The second-order valence-electron chi connectivity index (χ2n) is 9.73. The van der Waals surface area contributed by atoms with Crippen LogP contribution in [-0.4, -0.2) is 42.8 Å². The molecule has 3 aliphatic rings. The Morgan fingerprint density at radius 2 is 2.00 bits per heavy atom. The van der Waals surface area contributed by atoms with Crippen LogP contribution in [0.1, 0.15) is 45.1 Å². The molecule has 0 unspecified atom stereocenters. The van der Waals surface area contributed by atoms with Crippen molar-refractivity contribution in [2.24, 2.45) is 11.8 Å². The maximum Gasteiger partial charge on any atom is 0.414 e. The van der Waals surface area contributed by atoms with Crippen molar-refractivity contribution in [3.8, 4) is 0 Å². The third-order valence-electron chi connectivity index (χ3n) is 7.32. The molecule has 1 aromatic carbocycles. The highest BCUT2D eigenvalue weighted by Crippen LogP contribution is 2.41. The van der Waals surface area contributed by atoms with E-state index in [1.807, 2.05) is 35.2 Å². The molecule has 1 N–H and O–H groups in total. The minimum Gasteiger partial charge on any atom is -0.447 e. The molecule has 8 heteroatoms. The van der Waals surface area contributed by atoms with Gasteiger partial charge in [-0.25, -0.2) is 9.78 Å². The molecule has 8 nitrogen and oxygen atoms in total. The quantitative estimate of drug-likeness (QED) is 0.696. The van der Waals surface area contributed by atoms with Gasteiger partial charge in [0.05, 0.1) is 30.1 Å². The van der Waals surface area contributed by atoms with Crippen LogP contribution >= 0.6 is 0 Å². The van der Waals surface area contributed by atoms with Crippen LogP contribution in [0.3, 0.4) is 0 Å². The zero-order valence-electron chi connectivity index (χ0n) is 20.0. The van der Waals surface area contributed by atoms with Gasteiger partial charge in [0.15, 0.2) is 0 Å². The maximum atomic E-state index is 13.9. The molecular formula is C26H32N4O4. The number of nitrogens with zero attached hydrogens (tertiary/aromatic N) is 3. The van der Waals surface area contributed by atoms with Crippen LogP contribution in [0.2, 0.25) is 0 Å². The third-order valence-corrected chi connectivity index (χ3v) is 7.32. The predicted octanol–water partition coefficient (Wildman–Crippen LogP) is 4.86. The monoisotopic (exact) mass is 464 g/mol. The van der Waals surface area contributed by atoms with Crippen LogP contribution in [0.25, 0.3) is 0 Å². The molecule has 2 aliphatic heterocycles. The van der Waals surface area contributed by atoms with Crippen molar-refractivity contribution in [1.82, 2.24) is 4.98 Å². The number of benzene rings is 1. The summed E-state index contributed by atoms with van der Waals surface area (Å²) in [6.07, 6.45) is 5.03. The average molecular weight is 465 g/mol. The lowest BCUT2D eigenvalue weighted by molar-refractivity contribution is -0.124. The largest absolute Gasteiger partial charge is 0.447 e. The summed E-state index contributed by atoms with van der Waals surface area (Å²) in [7, 11) is 1.74. The summed E-state index contributed by atoms with van der Waals surface area (Å²) in [5.74, 6) is 1.04. The van der Waals surface area contributed by atoms with E-state index in [-0.39, 0.29) is 36.0 Å². The lowest BCUT2D eigenvalue weighted by atomic mass is 9.86. The number of rotatable bonds is 4. The average Bonchev–Trinajstić information content (AvgIpc) is 3.16. The second kappa shape index (κ2) is 9.25. The van der Waals surface area contributed by atoms with Gasteiger partial charge in [0.2, 0.25) is 5.91 Å². The number of cyclic esters (lactones) is 1. The van der Waals surface area contributed by atoms with Crippen molar-refractivity contribution in [3.05, 3.63) is 42.1 Å². The van der Waals surface area contributed by atoms with Crippen LogP contribution in [0, 0.1) is 11.8 Å². The minimum atomic E-state index is -0.346. The number of ether oxygens (including phenoxy) is 2. The standard InChI is InChI=1S/C26H32N4O4/c1-16(2)23-15-34-26(32)30(23)19-8-11-21-22(13-19)29(14-18-5-4-12-27-24(18)28-21)25(31)17-6-9-20(33-3)10-7-17/h4-5,8,11-13,16-17,20,23H,6-7,9-10,14-15H2,1-3H3,(H,27,28)/t17?,20?,23-/m1/s1. The molecule has 180 valence electrons. The summed E-state index contributed by atoms with van der Waals surface area (Å²) in [6, 6.07) is 9.62. The molecular weight excluding hydrogens is 432 g/mol. The number of amides is 2. The number of hydrogen-bond donors (Lipinski definition) is 1. The summed E-state index contributed by atoms with van der Waals surface area (Å²) >= 11 is 0. The summed E-state index contributed by atoms with van der Waals surface area (Å²) in [5.41, 5.74) is 3.26. The number of aromatic nitrogens is 1. The summed E-state index contributed by atoms with van der Waals surface area (Å²) in [4.78, 5) is 34.6.